The normalized spacial score (nSPS) is 11.0. The average Bonchev–Trinajstić information content (AvgIpc) is 3.17. The van der Waals surface area contributed by atoms with Gasteiger partial charge in [0.05, 0.1) is 26.9 Å². The molecule has 0 amide bonds. The lowest BCUT2D eigenvalue weighted by Gasteiger charge is -2.08. The first-order valence-electron chi connectivity index (χ1n) is 9.00. The number of hydrogen-bond acceptors (Lipinski definition) is 6. The molecule has 1 aromatic heterocycles. The Kier molecular flexibility index (Phi) is 6.44. The summed E-state index contributed by atoms with van der Waals surface area (Å²) in [7, 11) is 1.66. The zero-order valence-electron chi connectivity index (χ0n) is 15.9. The van der Waals surface area contributed by atoms with Gasteiger partial charge in [0.1, 0.15) is 5.75 Å². The molecule has 142 valence electrons. The molecule has 0 spiro atoms. The minimum absolute atomic E-state index is 0.258. The van der Waals surface area contributed by atoms with E-state index in [4.69, 9.17) is 14.0 Å². The van der Waals surface area contributed by atoms with E-state index in [9.17, 15) is 0 Å². The Morgan fingerprint density at radius 1 is 1.04 bits per heavy atom. The van der Waals surface area contributed by atoms with Gasteiger partial charge in [0.2, 0.25) is 5.89 Å². The molecule has 0 radical (unpaired) electrons. The van der Waals surface area contributed by atoms with Crippen LogP contribution in [0.1, 0.15) is 42.6 Å². The number of nitrogens with zero attached hydrogens (tertiary/aromatic N) is 2. The predicted octanol–water partition coefficient (Wildman–Crippen LogP) is 4.53. The molecule has 1 N–H and O–H groups in total. The Morgan fingerprint density at radius 3 is 2.52 bits per heavy atom. The molecule has 6 heteroatoms. The fourth-order valence-corrected chi connectivity index (χ4v) is 2.53. The summed E-state index contributed by atoms with van der Waals surface area (Å²) < 4.78 is 16.2. The van der Waals surface area contributed by atoms with Crippen LogP contribution in [0.15, 0.2) is 53.1 Å². The van der Waals surface area contributed by atoms with Crippen LogP contribution in [0, 0.1) is 0 Å². The summed E-state index contributed by atoms with van der Waals surface area (Å²) in [5.74, 6) is 2.42. The number of benzene rings is 2. The van der Waals surface area contributed by atoms with Crippen LogP contribution < -0.4 is 10.1 Å². The van der Waals surface area contributed by atoms with E-state index in [0.29, 0.717) is 25.6 Å². The van der Waals surface area contributed by atoms with Crippen LogP contribution in [0.5, 0.6) is 5.75 Å². The number of aromatic nitrogens is 2. The van der Waals surface area contributed by atoms with Gasteiger partial charge in [-0.2, -0.15) is 4.98 Å². The number of anilines is 1. The molecule has 0 aliphatic carbocycles. The monoisotopic (exact) mass is 367 g/mol. The van der Waals surface area contributed by atoms with Gasteiger partial charge in [-0.05, 0) is 35.4 Å². The third-order valence-corrected chi connectivity index (χ3v) is 4.07. The topological polar surface area (TPSA) is 69.4 Å². The molecule has 0 unspecified atom stereocenters. The third-order valence-electron chi connectivity index (χ3n) is 4.07. The summed E-state index contributed by atoms with van der Waals surface area (Å²) in [5, 5.41) is 7.28. The summed E-state index contributed by atoms with van der Waals surface area (Å²) in [4.78, 5) is 4.37. The van der Waals surface area contributed by atoms with Crippen molar-refractivity contribution in [2.24, 2.45) is 0 Å². The van der Waals surface area contributed by atoms with E-state index in [-0.39, 0.29) is 5.92 Å². The van der Waals surface area contributed by atoms with E-state index < -0.39 is 0 Å². The molecular formula is C21H25N3O3. The SMILES string of the molecule is COc1ccc(COCc2cccc(NCc3nc(C(C)C)no3)c2)cc1. The lowest BCUT2D eigenvalue weighted by Crippen LogP contribution is -2.01. The minimum atomic E-state index is 0.258. The second-order valence-electron chi connectivity index (χ2n) is 6.60. The fourth-order valence-electron chi connectivity index (χ4n) is 2.53. The lowest BCUT2D eigenvalue weighted by atomic mass is 10.2. The van der Waals surface area contributed by atoms with Gasteiger partial charge in [0.25, 0.3) is 0 Å². The summed E-state index contributed by atoms with van der Waals surface area (Å²) in [6.07, 6.45) is 0. The molecule has 0 bridgehead atoms. The van der Waals surface area contributed by atoms with E-state index >= 15 is 0 Å². The Bertz CT molecular complexity index is 844. The molecule has 6 nitrogen and oxygen atoms in total. The van der Waals surface area contributed by atoms with E-state index in [1.54, 1.807) is 7.11 Å². The highest BCUT2D eigenvalue weighted by Gasteiger charge is 2.09. The molecule has 3 aromatic rings. The summed E-state index contributed by atoms with van der Waals surface area (Å²) in [5.41, 5.74) is 3.20. The molecular weight excluding hydrogens is 342 g/mol. The summed E-state index contributed by atoms with van der Waals surface area (Å²) >= 11 is 0. The van der Waals surface area contributed by atoms with Crippen molar-refractivity contribution in [3.63, 3.8) is 0 Å². The number of nitrogens with one attached hydrogen (secondary N) is 1. The van der Waals surface area contributed by atoms with Crippen molar-refractivity contribution in [2.45, 2.75) is 39.5 Å². The Labute approximate surface area is 159 Å². The van der Waals surface area contributed by atoms with Gasteiger partial charge in [0.15, 0.2) is 5.82 Å². The van der Waals surface area contributed by atoms with Crippen LogP contribution in [0.3, 0.4) is 0 Å². The van der Waals surface area contributed by atoms with Gasteiger partial charge >= 0.3 is 0 Å². The first kappa shape index (κ1) is 18.9. The zero-order valence-corrected chi connectivity index (χ0v) is 15.9. The molecule has 0 aliphatic rings. The maximum Gasteiger partial charge on any atom is 0.245 e. The second kappa shape index (κ2) is 9.19. The van der Waals surface area contributed by atoms with Crippen LogP contribution >= 0.6 is 0 Å². The number of methoxy groups -OCH3 is 1. The fraction of sp³-hybridized carbons (Fsp3) is 0.333. The molecule has 2 aromatic carbocycles. The lowest BCUT2D eigenvalue weighted by molar-refractivity contribution is 0.107. The number of hydrogen-bond donors (Lipinski definition) is 1. The molecule has 0 aliphatic heterocycles. The highest BCUT2D eigenvalue weighted by molar-refractivity contribution is 5.45. The van der Waals surface area contributed by atoms with Crippen LogP contribution in [0.25, 0.3) is 0 Å². The second-order valence-corrected chi connectivity index (χ2v) is 6.60. The van der Waals surface area contributed by atoms with E-state index in [2.05, 4.69) is 21.5 Å². The van der Waals surface area contributed by atoms with Crippen LogP contribution in [0.2, 0.25) is 0 Å². The number of ether oxygens (including phenoxy) is 2. The standard InChI is InChI=1S/C21H25N3O3/c1-15(2)21-23-20(27-24-21)12-22-18-6-4-5-17(11-18)14-26-13-16-7-9-19(25-3)10-8-16/h4-11,15,22H,12-14H2,1-3H3. The van der Waals surface area contributed by atoms with Crippen molar-refractivity contribution in [1.82, 2.24) is 10.1 Å². The van der Waals surface area contributed by atoms with E-state index in [0.717, 1.165) is 28.4 Å². The minimum Gasteiger partial charge on any atom is -0.497 e. The van der Waals surface area contributed by atoms with Crippen LogP contribution in [-0.2, 0) is 24.5 Å². The molecule has 27 heavy (non-hydrogen) atoms. The van der Waals surface area contributed by atoms with Crippen molar-refractivity contribution in [2.75, 3.05) is 12.4 Å². The van der Waals surface area contributed by atoms with Crippen molar-refractivity contribution in [3.05, 3.63) is 71.4 Å². The summed E-state index contributed by atoms with van der Waals surface area (Å²) in [6.45, 7) is 5.67. The summed E-state index contributed by atoms with van der Waals surface area (Å²) in [6, 6.07) is 16.0. The van der Waals surface area contributed by atoms with Gasteiger partial charge < -0.3 is 19.3 Å². The molecule has 0 saturated carbocycles. The Morgan fingerprint density at radius 2 is 1.81 bits per heavy atom. The van der Waals surface area contributed by atoms with Gasteiger partial charge in [0, 0.05) is 11.6 Å². The maximum atomic E-state index is 5.82. The first-order chi connectivity index (χ1) is 13.1. The highest BCUT2D eigenvalue weighted by atomic mass is 16.5. The predicted molar refractivity (Wildman–Crippen MR) is 104 cm³/mol. The zero-order chi connectivity index (χ0) is 19.1. The van der Waals surface area contributed by atoms with Gasteiger partial charge in [-0.25, -0.2) is 0 Å². The van der Waals surface area contributed by atoms with Crippen molar-refractivity contribution >= 4 is 5.69 Å². The highest BCUT2D eigenvalue weighted by Crippen LogP contribution is 2.16. The van der Waals surface area contributed by atoms with Crippen molar-refractivity contribution < 1.29 is 14.0 Å². The molecule has 0 saturated heterocycles. The molecule has 3 rings (SSSR count). The first-order valence-corrected chi connectivity index (χ1v) is 9.00. The van der Waals surface area contributed by atoms with E-state index in [1.165, 1.54) is 0 Å². The Balaban J connectivity index is 1.49. The largest absolute Gasteiger partial charge is 0.497 e. The van der Waals surface area contributed by atoms with Crippen molar-refractivity contribution in [1.29, 1.82) is 0 Å². The van der Waals surface area contributed by atoms with Gasteiger partial charge in [-0.1, -0.05) is 43.3 Å². The van der Waals surface area contributed by atoms with Gasteiger partial charge in [-0.3, -0.25) is 0 Å². The molecule has 0 fully saturated rings. The smallest absolute Gasteiger partial charge is 0.245 e. The van der Waals surface area contributed by atoms with Gasteiger partial charge in [-0.15, -0.1) is 0 Å². The quantitative estimate of drug-likeness (QED) is 0.599. The van der Waals surface area contributed by atoms with Crippen molar-refractivity contribution in [3.8, 4) is 5.75 Å². The molecule has 1 heterocycles. The molecule has 0 atom stereocenters. The Hall–Kier alpha value is -2.86. The third kappa shape index (κ3) is 5.56. The van der Waals surface area contributed by atoms with E-state index in [1.807, 2.05) is 56.3 Å². The maximum absolute atomic E-state index is 5.82. The van der Waals surface area contributed by atoms with Crippen LogP contribution in [-0.4, -0.2) is 17.3 Å². The number of rotatable bonds is 9. The van der Waals surface area contributed by atoms with Crippen LogP contribution in [0.4, 0.5) is 5.69 Å². The average molecular weight is 367 g/mol.